The molecule has 0 aromatic heterocycles. The second kappa shape index (κ2) is 59.3. The van der Waals surface area contributed by atoms with Gasteiger partial charge in [0.15, 0.2) is 6.10 Å². The molecule has 0 bridgehead atoms. The Hall–Kier alpha value is -3.96. The lowest BCUT2D eigenvalue weighted by molar-refractivity contribution is -0.161. The van der Waals surface area contributed by atoms with Gasteiger partial charge in [0.2, 0.25) is 0 Å². The largest absolute Gasteiger partial charge is 0.462 e. The van der Waals surface area contributed by atoms with Crippen LogP contribution in [0.25, 0.3) is 0 Å². The Kier molecular flexibility index (Phi) is 56.0. The van der Waals surface area contributed by atoms with Crippen LogP contribution in [0.2, 0.25) is 0 Å². The summed E-state index contributed by atoms with van der Waals surface area (Å²) in [4.78, 5) is 24.5. The van der Waals surface area contributed by atoms with E-state index in [-0.39, 0.29) is 25.2 Å². The first kappa shape index (κ1) is 66.0. The second-order valence-electron chi connectivity index (χ2n) is 18.6. The highest BCUT2D eigenvalue weighted by Crippen LogP contribution is 2.15. The van der Waals surface area contributed by atoms with Crippen molar-refractivity contribution in [3.8, 4) is 0 Å². The van der Waals surface area contributed by atoms with Crippen LogP contribution in [0.5, 0.6) is 0 Å². The lowest BCUT2D eigenvalue weighted by atomic mass is 10.0. The van der Waals surface area contributed by atoms with Crippen LogP contribution in [0.1, 0.15) is 245 Å². The minimum atomic E-state index is -0.798. The molecular weight excluding hydrogens is 861 g/mol. The number of hydrogen-bond acceptors (Lipinski definition) is 5. The summed E-state index contributed by atoms with van der Waals surface area (Å²) in [5.41, 5.74) is 0. The van der Waals surface area contributed by atoms with Gasteiger partial charge in [0.1, 0.15) is 6.61 Å². The van der Waals surface area contributed by atoms with Gasteiger partial charge in [0, 0.05) is 12.8 Å². The number of esters is 2. The number of ether oxygens (including phenoxy) is 2. The Bertz CT molecular complexity index is 1470. The predicted molar refractivity (Wildman–Crippen MR) is 306 cm³/mol. The summed E-state index contributed by atoms with van der Waals surface area (Å²) in [7, 11) is 0. The van der Waals surface area contributed by atoms with Gasteiger partial charge in [-0.2, -0.15) is 0 Å². The third-order valence-electron chi connectivity index (χ3n) is 12.0. The third-order valence-corrected chi connectivity index (χ3v) is 12.0. The molecule has 70 heavy (non-hydrogen) atoms. The summed E-state index contributed by atoms with van der Waals surface area (Å²) in [6.07, 6.45) is 88.5. The SMILES string of the molecule is CC/C=C\C/C=C\C/C=C\C/C=C\C/C=C\C/C=C\C/C=C\C/C=C\C/C=C\C/C=C\C/C=C\CCCCCC(=O)OC(CO)COC(=O)CCCCCCCCCCCCCCCCCCCCC. The van der Waals surface area contributed by atoms with Gasteiger partial charge in [-0.3, -0.25) is 9.59 Å². The maximum absolute atomic E-state index is 12.3. The molecule has 1 unspecified atom stereocenters. The lowest BCUT2D eigenvalue weighted by Crippen LogP contribution is -2.28. The van der Waals surface area contributed by atoms with E-state index in [4.69, 9.17) is 9.47 Å². The number of rotatable bonds is 51. The van der Waals surface area contributed by atoms with Gasteiger partial charge in [-0.05, 0) is 96.3 Å². The average molecular weight is 968 g/mol. The average Bonchev–Trinajstić information content (AvgIpc) is 3.36. The number of aliphatic hydroxyl groups is 1. The first-order chi connectivity index (χ1) is 34.6. The molecule has 0 aliphatic rings. The number of carbonyl (C=O) groups excluding carboxylic acids is 2. The number of allylic oxidation sites excluding steroid dienone is 22. The maximum atomic E-state index is 12.3. The van der Waals surface area contributed by atoms with E-state index in [1.807, 2.05) is 0 Å². The van der Waals surface area contributed by atoms with Crippen LogP contribution in [0.4, 0.5) is 0 Å². The Labute approximate surface area is 432 Å². The van der Waals surface area contributed by atoms with E-state index in [0.29, 0.717) is 12.8 Å². The Morgan fingerprint density at radius 3 is 0.929 bits per heavy atom. The van der Waals surface area contributed by atoms with Crippen molar-refractivity contribution < 1.29 is 24.2 Å². The molecule has 0 aliphatic carbocycles. The van der Waals surface area contributed by atoms with Crippen LogP contribution in [0.15, 0.2) is 134 Å². The zero-order valence-electron chi connectivity index (χ0n) is 45.2. The van der Waals surface area contributed by atoms with Crippen molar-refractivity contribution in [2.75, 3.05) is 13.2 Å². The Morgan fingerprint density at radius 1 is 0.343 bits per heavy atom. The van der Waals surface area contributed by atoms with E-state index < -0.39 is 6.10 Å². The Morgan fingerprint density at radius 2 is 0.614 bits per heavy atom. The quantitative estimate of drug-likeness (QED) is 0.0374. The van der Waals surface area contributed by atoms with Crippen molar-refractivity contribution in [3.63, 3.8) is 0 Å². The van der Waals surface area contributed by atoms with Crippen LogP contribution in [0, 0.1) is 0 Å². The smallest absolute Gasteiger partial charge is 0.306 e. The highest BCUT2D eigenvalue weighted by molar-refractivity contribution is 5.70. The molecule has 0 rings (SSSR count). The van der Waals surface area contributed by atoms with Gasteiger partial charge in [-0.1, -0.05) is 270 Å². The topological polar surface area (TPSA) is 72.8 Å². The molecule has 5 heteroatoms. The van der Waals surface area contributed by atoms with Crippen molar-refractivity contribution in [2.45, 2.75) is 251 Å². The molecule has 0 saturated heterocycles. The van der Waals surface area contributed by atoms with Gasteiger partial charge in [-0.15, -0.1) is 0 Å². The van der Waals surface area contributed by atoms with Crippen molar-refractivity contribution in [2.24, 2.45) is 0 Å². The molecule has 0 heterocycles. The number of unbranched alkanes of at least 4 members (excludes halogenated alkanes) is 21. The van der Waals surface area contributed by atoms with Crippen LogP contribution in [-0.2, 0) is 19.1 Å². The minimum absolute atomic E-state index is 0.0845. The zero-order chi connectivity index (χ0) is 50.6. The zero-order valence-corrected chi connectivity index (χ0v) is 45.2. The molecule has 0 aromatic carbocycles. The van der Waals surface area contributed by atoms with Crippen LogP contribution in [-0.4, -0.2) is 36.4 Å². The van der Waals surface area contributed by atoms with Gasteiger partial charge in [0.25, 0.3) is 0 Å². The van der Waals surface area contributed by atoms with E-state index in [9.17, 15) is 14.7 Å². The molecule has 0 radical (unpaired) electrons. The summed E-state index contributed by atoms with van der Waals surface area (Å²) in [5, 5.41) is 9.64. The summed E-state index contributed by atoms with van der Waals surface area (Å²) < 4.78 is 10.7. The minimum Gasteiger partial charge on any atom is -0.462 e. The van der Waals surface area contributed by atoms with E-state index in [1.54, 1.807) is 0 Å². The number of aliphatic hydroxyl groups excluding tert-OH is 1. The molecule has 0 aromatic rings. The molecule has 396 valence electrons. The first-order valence-electron chi connectivity index (χ1n) is 28.7. The number of carbonyl (C=O) groups is 2. The monoisotopic (exact) mass is 967 g/mol. The second-order valence-corrected chi connectivity index (χ2v) is 18.6. The van der Waals surface area contributed by atoms with E-state index in [1.165, 1.54) is 103 Å². The summed E-state index contributed by atoms with van der Waals surface area (Å²) in [6.45, 7) is 4.01. The van der Waals surface area contributed by atoms with Crippen LogP contribution in [0.3, 0.4) is 0 Å². The van der Waals surface area contributed by atoms with E-state index >= 15 is 0 Å². The van der Waals surface area contributed by atoms with Crippen LogP contribution < -0.4 is 0 Å². The molecule has 0 spiro atoms. The van der Waals surface area contributed by atoms with Crippen molar-refractivity contribution in [1.29, 1.82) is 0 Å². The number of hydrogen-bond donors (Lipinski definition) is 1. The standard InChI is InChI=1S/C65H106O5/c1-3-5-7-9-11-13-15-17-19-21-23-24-25-26-27-28-29-30-31-32-33-34-35-36-37-38-39-40-42-44-46-48-50-52-54-56-58-60-65(68)70-63(61-66)62-69-64(67)59-57-55-53-51-49-47-45-43-41-22-20-18-16-14-12-10-8-6-4-2/h5,7,11,13,17,19,23-24,26-27,29-30,32-33,35-36,38-39,42,44,48,50,63,66H,3-4,6,8-10,12,14-16,18,20-22,25,28,31,34,37,40-41,43,45-47,49,51-62H2,1-2H3/b7-5-,13-11-,19-17-,24-23-,27-26-,30-29-,33-32-,36-35-,39-38-,44-42-,50-48-. The third kappa shape index (κ3) is 56.6. The van der Waals surface area contributed by atoms with Crippen molar-refractivity contribution in [1.82, 2.24) is 0 Å². The summed E-state index contributed by atoms with van der Waals surface area (Å²) >= 11 is 0. The maximum Gasteiger partial charge on any atom is 0.306 e. The fourth-order valence-electron chi connectivity index (χ4n) is 7.68. The highest BCUT2D eigenvalue weighted by atomic mass is 16.6. The molecule has 5 nitrogen and oxygen atoms in total. The highest BCUT2D eigenvalue weighted by Gasteiger charge is 2.16. The molecule has 0 amide bonds. The fourth-order valence-corrected chi connectivity index (χ4v) is 7.68. The molecule has 0 saturated carbocycles. The van der Waals surface area contributed by atoms with Crippen molar-refractivity contribution >= 4 is 11.9 Å². The summed E-state index contributed by atoms with van der Waals surface area (Å²) in [5.74, 6) is -0.630. The molecular formula is C65H106O5. The van der Waals surface area contributed by atoms with E-state index in [0.717, 1.165) is 116 Å². The van der Waals surface area contributed by atoms with E-state index in [2.05, 4.69) is 148 Å². The van der Waals surface area contributed by atoms with Gasteiger partial charge in [-0.25, -0.2) is 0 Å². The van der Waals surface area contributed by atoms with Gasteiger partial charge < -0.3 is 14.6 Å². The molecule has 0 fully saturated rings. The fraction of sp³-hybridized carbons (Fsp3) is 0.631. The molecule has 1 atom stereocenters. The molecule has 1 N–H and O–H groups in total. The van der Waals surface area contributed by atoms with Gasteiger partial charge in [0.05, 0.1) is 6.61 Å². The summed E-state index contributed by atoms with van der Waals surface area (Å²) in [6, 6.07) is 0. The van der Waals surface area contributed by atoms with Gasteiger partial charge >= 0.3 is 11.9 Å². The van der Waals surface area contributed by atoms with Crippen molar-refractivity contribution in [3.05, 3.63) is 134 Å². The predicted octanol–water partition coefficient (Wildman–Crippen LogP) is 19.6. The molecule has 0 aliphatic heterocycles. The first-order valence-corrected chi connectivity index (χ1v) is 28.7. The Balaban J connectivity index is 3.66. The lowest BCUT2D eigenvalue weighted by Gasteiger charge is -2.15. The normalized spacial score (nSPS) is 13.2. The van der Waals surface area contributed by atoms with Crippen LogP contribution >= 0.6 is 0 Å².